The highest BCUT2D eigenvalue weighted by molar-refractivity contribution is 5.92. The Kier molecular flexibility index (Phi) is 6.08. The number of hydrogen-bond acceptors (Lipinski definition) is 4. The molecule has 1 amide bonds. The molecule has 0 atom stereocenters. The number of anilines is 1. The molecule has 162 valence electrons. The Labute approximate surface area is 186 Å². The first-order valence-electron chi connectivity index (χ1n) is 10.5. The highest BCUT2D eigenvalue weighted by atomic mass is 16.5. The lowest BCUT2D eigenvalue weighted by molar-refractivity contribution is -0.118. The summed E-state index contributed by atoms with van der Waals surface area (Å²) in [7, 11) is 0. The molecule has 0 aliphatic rings. The van der Waals surface area contributed by atoms with Gasteiger partial charge in [-0.1, -0.05) is 48.0 Å². The third-order valence-corrected chi connectivity index (χ3v) is 5.57. The number of ether oxygens (including phenoxy) is 1. The van der Waals surface area contributed by atoms with Crippen molar-refractivity contribution in [1.82, 2.24) is 0 Å². The minimum atomic E-state index is -0.351. The maximum Gasteiger partial charge on any atom is 0.340 e. The molecule has 32 heavy (non-hydrogen) atoms. The van der Waals surface area contributed by atoms with Crippen molar-refractivity contribution < 1.29 is 13.9 Å². The van der Waals surface area contributed by atoms with E-state index >= 15 is 0 Å². The van der Waals surface area contributed by atoms with Crippen molar-refractivity contribution in [3.05, 3.63) is 105 Å². The Morgan fingerprint density at radius 3 is 2.34 bits per heavy atom. The summed E-state index contributed by atoms with van der Waals surface area (Å²) in [4.78, 5) is 25.0. The van der Waals surface area contributed by atoms with Crippen molar-refractivity contribution in [2.45, 2.75) is 27.2 Å². The number of rotatable bonds is 6. The smallest absolute Gasteiger partial charge is 0.340 e. The summed E-state index contributed by atoms with van der Waals surface area (Å²) < 4.78 is 11.4. The number of fused-ring (bicyclic) bond motifs is 1. The van der Waals surface area contributed by atoms with E-state index in [0.29, 0.717) is 34.6 Å². The van der Waals surface area contributed by atoms with Gasteiger partial charge in [-0.3, -0.25) is 4.79 Å². The monoisotopic (exact) mass is 427 g/mol. The van der Waals surface area contributed by atoms with E-state index in [9.17, 15) is 9.59 Å². The Bertz CT molecular complexity index is 1320. The minimum Gasteiger partial charge on any atom is -0.483 e. The van der Waals surface area contributed by atoms with E-state index in [2.05, 4.69) is 5.32 Å². The lowest BCUT2D eigenvalue weighted by atomic mass is 9.98. The third-order valence-electron chi connectivity index (χ3n) is 5.57. The highest BCUT2D eigenvalue weighted by Gasteiger charge is 2.16. The van der Waals surface area contributed by atoms with E-state index in [4.69, 9.17) is 9.15 Å². The number of carbonyl (C=O) groups is 1. The van der Waals surface area contributed by atoms with Crippen molar-refractivity contribution in [3.63, 3.8) is 0 Å². The van der Waals surface area contributed by atoms with Gasteiger partial charge in [-0.2, -0.15) is 0 Å². The van der Waals surface area contributed by atoms with Gasteiger partial charge in [0.1, 0.15) is 11.3 Å². The van der Waals surface area contributed by atoms with Crippen LogP contribution in [0.3, 0.4) is 0 Å². The van der Waals surface area contributed by atoms with E-state index in [1.807, 2.05) is 87.5 Å². The lowest BCUT2D eigenvalue weighted by Gasteiger charge is -2.13. The summed E-state index contributed by atoms with van der Waals surface area (Å²) in [5.74, 6) is 0.249. The SMILES string of the molecule is Cc1ccc(NC(=O)COc2ccc3c(C)c(Cc4ccccc4)c(=O)oc3c2C)cc1. The molecule has 0 fully saturated rings. The molecule has 4 rings (SSSR count). The van der Waals surface area contributed by atoms with Crippen LogP contribution in [0.15, 0.2) is 75.9 Å². The molecule has 0 saturated heterocycles. The van der Waals surface area contributed by atoms with E-state index in [0.717, 1.165) is 22.1 Å². The molecule has 5 nitrogen and oxygen atoms in total. The minimum absolute atomic E-state index is 0.143. The molecular weight excluding hydrogens is 402 g/mol. The van der Waals surface area contributed by atoms with Crippen molar-refractivity contribution in [3.8, 4) is 5.75 Å². The summed E-state index contributed by atoms with van der Waals surface area (Å²) in [6, 6.07) is 21.1. The van der Waals surface area contributed by atoms with Crippen molar-refractivity contribution >= 4 is 22.6 Å². The molecule has 5 heteroatoms. The number of benzene rings is 3. The molecule has 0 spiro atoms. The third kappa shape index (κ3) is 4.57. The zero-order chi connectivity index (χ0) is 22.7. The van der Waals surface area contributed by atoms with E-state index in [1.54, 1.807) is 0 Å². The average molecular weight is 428 g/mol. The Balaban J connectivity index is 1.54. The summed E-state index contributed by atoms with van der Waals surface area (Å²) >= 11 is 0. The van der Waals surface area contributed by atoms with Gasteiger partial charge in [0, 0.05) is 28.6 Å². The highest BCUT2D eigenvalue weighted by Crippen LogP contribution is 2.30. The molecule has 0 saturated carbocycles. The van der Waals surface area contributed by atoms with Crippen LogP contribution >= 0.6 is 0 Å². The molecule has 0 aliphatic carbocycles. The first kappa shape index (κ1) is 21.4. The fourth-order valence-corrected chi connectivity index (χ4v) is 3.71. The second-order valence-corrected chi connectivity index (χ2v) is 7.92. The van der Waals surface area contributed by atoms with Crippen LogP contribution in [0.5, 0.6) is 5.75 Å². The van der Waals surface area contributed by atoms with Gasteiger partial charge in [0.15, 0.2) is 6.61 Å². The second-order valence-electron chi connectivity index (χ2n) is 7.92. The molecule has 0 radical (unpaired) electrons. The lowest BCUT2D eigenvalue weighted by Crippen LogP contribution is -2.20. The average Bonchev–Trinajstić information content (AvgIpc) is 2.79. The topological polar surface area (TPSA) is 68.5 Å². The number of hydrogen-bond donors (Lipinski definition) is 1. The number of nitrogens with one attached hydrogen (secondary N) is 1. The van der Waals surface area contributed by atoms with Crippen molar-refractivity contribution in [2.75, 3.05) is 11.9 Å². The van der Waals surface area contributed by atoms with E-state index < -0.39 is 0 Å². The fraction of sp³-hybridized carbons (Fsp3) is 0.185. The zero-order valence-corrected chi connectivity index (χ0v) is 18.4. The standard InChI is InChI=1S/C27H25NO4/c1-17-9-11-21(12-10-17)28-25(29)16-31-24-14-13-22-18(2)23(15-20-7-5-4-6-8-20)27(30)32-26(22)19(24)3/h4-14H,15-16H2,1-3H3,(H,28,29). The van der Waals surface area contributed by atoms with Gasteiger partial charge in [-0.15, -0.1) is 0 Å². The van der Waals surface area contributed by atoms with Crippen LogP contribution in [0.2, 0.25) is 0 Å². The Hall–Kier alpha value is -3.86. The largest absolute Gasteiger partial charge is 0.483 e. The van der Waals surface area contributed by atoms with Gasteiger partial charge in [0.2, 0.25) is 0 Å². The van der Waals surface area contributed by atoms with Gasteiger partial charge in [-0.25, -0.2) is 4.79 Å². The molecule has 1 heterocycles. The second kappa shape index (κ2) is 9.10. The molecule has 1 N–H and O–H groups in total. The molecular formula is C27H25NO4. The van der Waals surface area contributed by atoms with Gasteiger partial charge in [0.25, 0.3) is 5.91 Å². The predicted molar refractivity (Wildman–Crippen MR) is 127 cm³/mol. The molecule has 4 aromatic rings. The Morgan fingerprint density at radius 1 is 0.906 bits per heavy atom. The first-order valence-corrected chi connectivity index (χ1v) is 10.5. The summed E-state index contributed by atoms with van der Waals surface area (Å²) in [6.07, 6.45) is 0.515. The maximum atomic E-state index is 12.7. The van der Waals surface area contributed by atoms with Crippen molar-refractivity contribution in [1.29, 1.82) is 0 Å². The van der Waals surface area contributed by atoms with Gasteiger partial charge in [-0.05, 0) is 56.2 Å². The Morgan fingerprint density at radius 2 is 1.62 bits per heavy atom. The van der Waals surface area contributed by atoms with Crippen molar-refractivity contribution in [2.24, 2.45) is 0 Å². The maximum absolute atomic E-state index is 12.7. The summed E-state index contributed by atoms with van der Waals surface area (Å²) in [6.45, 7) is 5.61. The van der Waals surface area contributed by atoms with E-state index in [1.165, 1.54) is 0 Å². The predicted octanol–water partition coefficient (Wildman–Crippen LogP) is 5.33. The summed E-state index contributed by atoms with van der Waals surface area (Å²) in [5.41, 5.74) is 5.26. The van der Waals surface area contributed by atoms with Gasteiger partial charge in [0.05, 0.1) is 0 Å². The summed E-state index contributed by atoms with van der Waals surface area (Å²) in [5, 5.41) is 3.67. The normalized spacial score (nSPS) is 10.8. The zero-order valence-electron chi connectivity index (χ0n) is 18.4. The van der Waals surface area contributed by atoms with Gasteiger partial charge < -0.3 is 14.5 Å². The van der Waals surface area contributed by atoms with Crippen LogP contribution in [-0.4, -0.2) is 12.5 Å². The quantitative estimate of drug-likeness (QED) is 0.423. The fourth-order valence-electron chi connectivity index (χ4n) is 3.71. The molecule has 0 bridgehead atoms. The van der Waals surface area contributed by atoms with Crippen LogP contribution in [0.4, 0.5) is 5.69 Å². The number of carbonyl (C=O) groups excluding carboxylic acids is 1. The van der Waals surface area contributed by atoms with Crippen LogP contribution in [0.1, 0.15) is 27.8 Å². The number of amides is 1. The molecule has 3 aromatic carbocycles. The van der Waals surface area contributed by atoms with Crippen LogP contribution in [0.25, 0.3) is 11.0 Å². The van der Waals surface area contributed by atoms with Crippen LogP contribution < -0.4 is 15.7 Å². The first-order chi connectivity index (χ1) is 15.4. The molecule has 1 aromatic heterocycles. The van der Waals surface area contributed by atoms with E-state index in [-0.39, 0.29) is 18.1 Å². The number of aryl methyl sites for hydroxylation is 3. The van der Waals surface area contributed by atoms with Crippen LogP contribution in [0, 0.1) is 20.8 Å². The molecule has 0 aliphatic heterocycles. The van der Waals surface area contributed by atoms with Crippen LogP contribution in [-0.2, 0) is 11.2 Å². The molecule has 0 unspecified atom stereocenters. The van der Waals surface area contributed by atoms with Gasteiger partial charge >= 0.3 is 5.63 Å².